The van der Waals surface area contributed by atoms with Crippen molar-refractivity contribution in [3.63, 3.8) is 0 Å². The highest BCUT2D eigenvalue weighted by Gasteiger charge is 2.46. The van der Waals surface area contributed by atoms with Crippen molar-refractivity contribution in [3.8, 4) is 0 Å². The summed E-state index contributed by atoms with van der Waals surface area (Å²) in [6, 6.07) is 1.95. The van der Waals surface area contributed by atoms with E-state index in [0.717, 1.165) is 49.5 Å². The second kappa shape index (κ2) is 4.10. The molecule has 4 heteroatoms. The third-order valence-electron chi connectivity index (χ3n) is 4.01. The van der Waals surface area contributed by atoms with Crippen LogP contribution >= 0.6 is 11.3 Å². The van der Waals surface area contributed by atoms with E-state index in [1.165, 1.54) is 0 Å². The molecule has 0 aliphatic carbocycles. The molecule has 1 aromatic rings. The maximum atomic E-state index is 12.6. The van der Waals surface area contributed by atoms with E-state index in [1.54, 1.807) is 11.3 Å². The zero-order valence-electron chi connectivity index (χ0n) is 10.1. The first-order valence-electron chi connectivity index (χ1n) is 6.17. The highest BCUT2D eigenvalue weighted by Crippen LogP contribution is 2.37. The molecule has 1 amide bonds. The summed E-state index contributed by atoms with van der Waals surface area (Å²) < 4.78 is 5.52. The van der Waals surface area contributed by atoms with E-state index in [9.17, 15) is 4.79 Å². The van der Waals surface area contributed by atoms with Gasteiger partial charge in [0.2, 0.25) is 0 Å². The van der Waals surface area contributed by atoms with Gasteiger partial charge >= 0.3 is 0 Å². The molecule has 2 saturated heterocycles. The van der Waals surface area contributed by atoms with E-state index < -0.39 is 0 Å². The lowest BCUT2D eigenvalue weighted by Gasteiger charge is -2.33. The number of ether oxygens (including phenoxy) is 1. The fourth-order valence-corrected chi connectivity index (χ4v) is 3.70. The van der Waals surface area contributed by atoms with Gasteiger partial charge in [-0.2, -0.15) is 0 Å². The predicted octanol–water partition coefficient (Wildman–Crippen LogP) is 2.45. The summed E-state index contributed by atoms with van der Waals surface area (Å²) in [5, 5.41) is 2.00. The first kappa shape index (κ1) is 11.2. The minimum absolute atomic E-state index is 0.00542. The number of carbonyl (C=O) groups is 1. The summed E-state index contributed by atoms with van der Waals surface area (Å²) in [5.41, 5.74) is 0.883. The van der Waals surface area contributed by atoms with Crippen LogP contribution in [0.4, 0.5) is 0 Å². The van der Waals surface area contributed by atoms with Crippen molar-refractivity contribution in [2.75, 3.05) is 19.8 Å². The Kier molecular flexibility index (Phi) is 2.71. The molecule has 1 aromatic heterocycles. The molecule has 2 fully saturated rings. The lowest BCUT2D eigenvalue weighted by atomic mass is 9.95. The number of thiophene rings is 1. The van der Waals surface area contributed by atoms with Gasteiger partial charge in [-0.15, -0.1) is 11.3 Å². The van der Waals surface area contributed by atoms with Crippen molar-refractivity contribution >= 4 is 17.2 Å². The highest BCUT2D eigenvalue weighted by atomic mass is 32.1. The monoisotopic (exact) mass is 251 g/mol. The predicted molar refractivity (Wildman–Crippen MR) is 67.5 cm³/mol. The second-order valence-corrected chi connectivity index (χ2v) is 6.10. The SMILES string of the molecule is Cc1sccc1C(=O)N1CCCC12CCOC2. The Morgan fingerprint density at radius 3 is 3.06 bits per heavy atom. The average Bonchev–Trinajstić information content (AvgIpc) is 3.01. The van der Waals surface area contributed by atoms with E-state index in [-0.39, 0.29) is 11.4 Å². The topological polar surface area (TPSA) is 29.5 Å². The Morgan fingerprint density at radius 2 is 2.41 bits per heavy atom. The van der Waals surface area contributed by atoms with Gasteiger partial charge in [0.05, 0.1) is 17.7 Å². The van der Waals surface area contributed by atoms with Crippen LogP contribution in [0.2, 0.25) is 0 Å². The van der Waals surface area contributed by atoms with Crippen LogP contribution in [0.25, 0.3) is 0 Å². The van der Waals surface area contributed by atoms with Gasteiger partial charge < -0.3 is 9.64 Å². The number of hydrogen-bond donors (Lipinski definition) is 0. The van der Waals surface area contributed by atoms with Crippen molar-refractivity contribution < 1.29 is 9.53 Å². The molecule has 3 nitrogen and oxygen atoms in total. The summed E-state index contributed by atoms with van der Waals surface area (Å²) >= 11 is 1.64. The molecule has 3 rings (SSSR count). The van der Waals surface area contributed by atoms with Crippen LogP contribution in [-0.2, 0) is 4.74 Å². The highest BCUT2D eigenvalue weighted by molar-refractivity contribution is 7.10. The van der Waals surface area contributed by atoms with E-state index in [4.69, 9.17) is 4.74 Å². The van der Waals surface area contributed by atoms with Crippen molar-refractivity contribution in [1.29, 1.82) is 0 Å². The van der Waals surface area contributed by atoms with Crippen molar-refractivity contribution in [3.05, 3.63) is 21.9 Å². The number of rotatable bonds is 1. The van der Waals surface area contributed by atoms with Gasteiger partial charge in [-0.1, -0.05) is 0 Å². The summed E-state index contributed by atoms with van der Waals surface area (Å²) in [5.74, 6) is 0.201. The Hall–Kier alpha value is -0.870. The molecule has 3 heterocycles. The quantitative estimate of drug-likeness (QED) is 0.767. The summed E-state index contributed by atoms with van der Waals surface area (Å²) in [6.45, 7) is 4.43. The van der Waals surface area contributed by atoms with Crippen molar-refractivity contribution in [2.24, 2.45) is 0 Å². The molecular formula is C13H17NO2S. The molecule has 1 spiro atoms. The Bertz CT molecular complexity index is 429. The molecule has 0 N–H and O–H groups in total. The summed E-state index contributed by atoms with van der Waals surface area (Å²) in [7, 11) is 0. The fraction of sp³-hybridized carbons (Fsp3) is 0.615. The summed E-state index contributed by atoms with van der Waals surface area (Å²) in [6.07, 6.45) is 3.21. The zero-order valence-corrected chi connectivity index (χ0v) is 10.9. The molecule has 1 atom stereocenters. The maximum absolute atomic E-state index is 12.6. The van der Waals surface area contributed by atoms with Gasteiger partial charge in [0.1, 0.15) is 0 Å². The molecule has 1 unspecified atom stereocenters. The van der Waals surface area contributed by atoms with E-state index in [0.29, 0.717) is 0 Å². The van der Waals surface area contributed by atoms with Gasteiger partial charge in [-0.25, -0.2) is 0 Å². The van der Waals surface area contributed by atoms with Gasteiger partial charge in [0, 0.05) is 18.0 Å². The van der Waals surface area contributed by atoms with Crippen LogP contribution in [-0.4, -0.2) is 36.1 Å². The first-order valence-corrected chi connectivity index (χ1v) is 7.05. The third kappa shape index (κ3) is 1.70. The molecular weight excluding hydrogens is 234 g/mol. The van der Waals surface area contributed by atoms with Crippen LogP contribution < -0.4 is 0 Å². The largest absolute Gasteiger partial charge is 0.379 e. The van der Waals surface area contributed by atoms with Crippen LogP contribution in [0.3, 0.4) is 0 Å². The fourth-order valence-electron chi connectivity index (χ4n) is 3.01. The Labute approximate surface area is 105 Å². The van der Waals surface area contributed by atoms with Gasteiger partial charge in [-0.3, -0.25) is 4.79 Å². The molecule has 0 bridgehead atoms. The molecule has 2 aliphatic rings. The Balaban J connectivity index is 1.89. The second-order valence-electron chi connectivity index (χ2n) is 4.98. The smallest absolute Gasteiger partial charge is 0.255 e. The summed E-state index contributed by atoms with van der Waals surface area (Å²) in [4.78, 5) is 15.8. The molecule has 17 heavy (non-hydrogen) atoms. The third-order valence-corrected chi connectivity index (χ3v) is 4.86. The number of likely N-dealkylation sites (tertiary alicyclic amines) is 1. The average molecular weight is 251 g/mol. The standard InChI is InChI=1S/C13H17NO2S/c1-10-11(3-8-17-10)12(15)14-6-2-4-13(14)5-7-16-9-13/h3,8H,2,4-7,9H2,1H3. The Morgan fingerprint density at radius 1 is 1.53 bits per heavy atom. The first-order chi connectivity index (χ1) is 8.23. The van der Waals surface area contributed by atoms with Crippen molar-refractivity contribution in [1.82, 2.24) is 4.90 Å². The number of hydrogen-bond acceptors (Lipinski definition) is 3. The molecule has 0 aromatic carbocycles. The normalized spacial score (nSPS) is 28.2. The number of carbonyl (C=O) groups excluding carboxylic acids is 1. The van der Waals surface area contributed by atoms with Gasteiger partial charge in [0.15, 0.2) is 0 Å². The van der Waals surface area contributed by atoms with Crippen LogP contribution in [0, 0.1) is 6.92 Å². The van der Waals surface area contributed by atoms with Crippen LogP contribution in [0.5, 0.6) is 0 Å². The number of amides is 1. The van der Waals surface area contributed by atoms with E-state index >= 15 is 0 Å². The lowest BCUT2D eigenvalue weighted by molar-refractivity contribution is 0.0550. The van der Waals surface area contributed by atoms with Crippen LogP contribution in [0.1, 0.15) is 34.5 Å². The number of aryl methyl sites for hydroxylation is 1. The zero-order chi connectivity index (χ0) is 11.9. The lowest BCUT2D eigenvalue weighted by Crippen LogP contribution is -2.47. The molecule has 0 radical (unpaired) electrons. The molecule has 2 aliphatic heterocycles. The number of nitrogens with zero attached hydrogens (tertiary/aromatic N) is 1. The molecule has 92 valence electrons. The van der Waals surface area contributed by atoms with Crippen molar-refractivity contribution in [2.45, 2.75) is 31.7 Å². The van der Waals surface area contributed by atoms with Gasteiger partial charge in [0.25, 0.3) is 5.91 Å². The van der Waals surface area contributed by atoms with E-state index in [1.807, 2.05) is 18.4 Å². The van der Waals surface area contributed by atoms with Gasteiger partial charge in [-0.05, 0) is 37.6 Å². The van der Waals surface area contributed by atoms with Crippen LogP contribution in [0.15, 0.2) is 11.4 Å². The minimum Gasteiger partial charge on any atom is -0.379 e. The minimum atomic E-state index is 0.00542. The van der Waals surface area contributed by atoms with E-state index in [2.05, 4.69) is 4.90 Å². The maximum Gasteiger partial charge on any atom is 0.255 e. The molecule has 0 saturated carbocycles.